The van der Waals surface area contributed by atoms with Gasteiger partial charge in [-0.05, 0) is 18.7 Å². The van der Waals surface area contributed by atoms with Crippen LogP contribution >= 0.6 is 12.4 Å². The molecule has 0 aliphatic rings. The second-order valence-corrected chi connectivity index (χ2v) is 3.50. The Morgan fingerprint density at radius 1 is 1.13 bits per heavy atom. The van der Waals surface area contributed by atoms with E-state index in [0.29, 0.717) is 0 Å². The molecule has 1 rings (SSSR count). The molecule has 0 heterocycles. The number of likely N-dealkylation sites (N-methyl/N-ethyl adjacent to an activating group) is 1. The van der Waals surface area contributed by atoms with Gasteiger partial charge in [-0.3, -0.25) is 0 Å². The lowest BCUT2D eigenvalue weighted by Gasteiger charge is -2.22. The Kier molecular flexibility index (Phi) is 7.39. The highest BCUT2D eigenvalue weighted by atomic mass is 35.5. The van der Waals surface area contributed by atoms with E-state index in [1.54, 1.807) is 0 Å². The number of nitrogens with two attached hydrogens (primary N) is 1. The van der Waals surface area contributed by atoms with Crippen molar-refractivity contribution in [2.45, 2.75) is 19.9 Å². The van der Waals surface area contributed by atoms with Gasteiger partial charge in [-0.15, -0.1) is 12.4 Å². The summed E-state index contributed by atoms with van der Waals surface area (Å²) in [7, 11) is 0. The van der Waals surface area contributed by atoms with Gasteiger partial charge >= 0.3 is 0 Å². The first-order chi connectivity index (χ1) is 6.77. The highest BCUT2D eigenvalue weighted by Crippen LogP contribution is 2.10. The molecule has 0 spiro atoms. The van der Waals surface area contributed by atoms with Crippen molar-refractivity contribution in [3.05, 3.63) is 35.9 Å². The van der Waals surface area contributed by atoms with Crippen LogP contribution in [0.15, 0.2) is 30.3 Å². The van der Waals surface area contributed by atoms with Crippen LogP contribution in [0.2, 0.25) is 0 Å². The van der Waals surface area contributed by atoms with E-state index in [2.05, 4.69) is 30.9 Å². The molecule has 86 valence electrons. The number of hydrogen-bond acceptors (Lipinski definition) is 2. The monoisotopic (exact) mass is 228 g/mol. The first-order valence-electron chi connectivity index (χ1n) is 5.30. The highest BCUT2D eigenvalue weighted by Gasteiger charge is 2.08. The van der Waals surface area contributed by atoms with E-state index in [1.807, 2.05) is 18.2 Å². The molecular formula is C12H21ClN2. The Morgan fingerprint density at radius 2 is 1.67 bits per heavy atom. The number of rotatable bonds is 5. The van der Waals surface area contributed by atoms with Crippen LogP contribution in [0.4, 0.5) is 0 Å². The molecule has 0 saturated heterocycles. The van der Waals surface area contributed by atoms with Crippen LogP contribution in [0, 0.1) is 0 Å². The predicted molar refractivity (Wildman–Crippen MR) is 68.4 cm³/mol. The predicted octanol–water partition coefficient (Wildman–Crippen LogP) is 2.45. The summed E-state index contributed by atoms with van der Waals surface area (Å²) >= 11 is 0. The van der Waals surface area contributed by atoms with E-state index >= 15 is 0 Å². The average Bonchev–Trinajstić information content (AvgIpc) is 2.26. The van der Waals surface area contributed by atoms with Gasteiger partial charge in [-0.2, -0.15) is 0 Å². The van der Waals surface area contributed by atoms with Crippen LogP contribution in [0.1, 0.15) is 25.5 Å². The fourth-order valence-electron chi connectivity index (χ4n) is 1.57. The van der Waals surface area contributed by atoms with Gasteiger partial charge in [0.15, 0.2) is 0 Å². The van der Waals surface area contributed by atoms with Gasteiger partial charge in [-0.25, -0.2) is 0 Å². The van der Waals surface area contributed by atoms with Crippen molar-refractivity contribution in [1.29, 1.82) is 0 Å². The maximum Gasteiger partial charge on any atom is 0.0424 e. The van der Waals surface area contributed by atoms with Gasteiger partial charge in [0.1, 0.15) is 0 Å². The zero-order valence-corrected chi connectivity index (χ0v) is 10.3. The summed E-state index contributed by atoms with van der Waals surface area (Å²) in [5.41, 5.74) is 7.33. The standard InChI is InChI=1S/C12H20N2.ClH/c1-3-14(4-2)10-12(13)11-8-6-5-7-9-11;/h5-9,12H,3-4,10,13H2,1-2H3;1H. The Balaban J connectivity index is 0.00000196. The van der Waals surface area contributed by atoms with E-state index in [-0.39, 0.29) is 18.4 Å². The lowest BCUT2D eigenvalue weighted by molar-refractivity contribution is 0.284. The lowest BCUT2D eigenvalue weighted by atomic mass is 10.1. The number of hydrogen-bond donors (Lipinski definition) is 1. The summed E-state index contributed by atoms with van der Waals surface area (Å²) in [6.45, 7) is 7.41. The topological polar surface area (TPSA) is 29.3 Å². The Bertz CT molecular complexity index is 247. The van der Waals surface area contributed by atoms with Gasteiger partial charge in [0.25, 0.3) is 0 Å². The molecule has 0 radical (unpaired) electrons. The van der Waals surface area contributed by atoms with Crippen molar-refractivity contribution in [2.75, 3.05) is 19.6 Å². The normalized spacial score (nSPS) is 12.3. The molecule has 0 aliphatic heterocycles. The van der Waals surface area contributed by atoms with Gasteiger partial charge in [-0.1, -0.05) is 44.2 Å². The summed E-state index contributed by atoms with van der Waals surface area (Å²) in [4.78, 5) is 2.34. The average molecular weight is 229 g/mol. The third-order valence-electron chi connectivity index (χ3n) is 2.58. The van der Waals surface area contributed by atoms with Crippen LogP contribution in [-0.4, -0.2) is 24.5 Å². The molecule has 0 bridgehead atoms. The highest BCUT2D eigenvalue weighted by molar-refractivity contribution is 5.85. The third kappa shape index (κ3) is 4.65. The summed E-state index contributed by atoms with van der Waals surface area (Å²) in [6.07, 6.45) is 0. The molecular weight excluding hydrogens is 208 g/mol. The first-order valence-corrected chi connectivity index (χ1v) is 5.30. The van der Waals surface area contributed by atoms with Crippen LogP contribution < -0.4 is 5.73 Å². The molecule has 0 fully saturated rings. The Labute approximate surface area is 98.9 Å². The molecule has 1 aromatic rings. The van der Waals surface area contributed by atoms with Gasteiger partial charge in [0, 0.05) is 12.6 Å². The minimum Gasteiger partial charge on any atom is -0.323 e. The van der Waals surface area contributed by atoms with Gasteiger partial charge < -0.3 is 10.6 Å². The van der Waals surface area contributed by atoms with E-state index in [0.717, 1.165) is 19.6 Å². The lowest BCUT2D eigenvalue weighted by Crippen LogP contribution is -2.31. The molecule has 15 heavy (non-hydrogen) atoms. The Morgan fingerprint density at radius 3 is 2.13 bits per heavy atom. The number of nitrogens with zero attached hydrogens (tertiary/aromatic N) is 1. The smallest absolute Gasteiger partial charge is 0.0424 e. The van der Waals surface area contributed by atoms with Crippen molar-refractivity contribution in [3.8, 4) is 0 Å². The molecule has 3 heteroatoms. The summed E-state index contributed by atoms with van der Waals surface area (Å²) in [6, 6.07) is 10.4. The maximum absolute atomic E-state index is 6.11. The molecule has 1 aromatic carbocycles. The molecule has 0 aliphatic carbocycles. The fraction of sp³-hybridized carbons (Fsp3) is 0.500. The van der Waals surface area contributed by atoms with E-state index in [9.17, 15) is 0 Å². The largest absolute Gasteiger partial charge is 0.323 e. The van der Waals surface area contributed by atoms with Gasteiger partial charge in [0.2, 0.25) is 0 Å². The van der Waals surface area contributed by atoms with Crippen molar-refractivity contribution in [3.63, 3.8) is 0 Å². The van der Waals surface area contributed by atoms with Crippen molar-refractivity contribution in [1.82, 2.24) is 4.90 Å². The first kappa shape index (κ1) is 14.4. The fourth-order valence-corrected chi connectivity index (χ4v) is 1.57. The minimum absolute atomic E-state index is 0. The SMILES string of the molecule is CCN(CC)CC(N)c1ccccc1.Cl. The van der Waals surface area contributed by atoms with Crippen molar-refractivity contribution in [2.24, 2.45) is 5.73 Å². The summed E-state index contributed by atoms with van der Waals surface area (Å²) in [5, 5.41) is 0. The zero-order valence-electron chi connectivity index (χ0n) is 9.52. The van der Waals surface area contributed by atoms with Crippen LogP contribution in [0.3, 0.4) is 0 Å². The molecule has 0 amide bonds. The molecule has 1 unspecified atom stereocenters. The van der Waals surface area contributed by atoms with Crippen LogP contribution in [0.5, 0.6) is 0 Å². The zero-order chi connectivity index (χ0) is 10.4. The molecule has 0 aromatic heterocycles. The number of halogens is 1. The van der Waals surface area contributed by atoms with E-state index < -0.39 is 0 Å². The maximum atomic E-state index is 6.11. The van der Waals surface area contributed by atoms with Crippen molar-refractivity contribution >= 4 is 12.4 Å². The molecule has 2 N–H and O–H groups in total. The van der Waals surface area contributed by atoms with Crippen molar-refractivity contribution < 1.29 is 0 Å². The van der Waals surface area contributed by atoms with Crippen LogP contribution in [-0.2, 0) is 0 Å². The second-order valence-electron chi connectivity index (χ2n) is 3.50. The molecule has 1 atom stereocenters. The molecule has 0 saturated carbocycles. The quantitative estimate of drug-likeness (QED) is 0.839. The Hall–Kier alpha value is -0.570. The summed E-state index contributed by atoms with van der Waals surface area (Å²) in [5.74, 6) is 0. The summed E-state index contributed by atoms with van der Waals surface area (Å²) < 4.78 is 0. The minimum atomic E-state index is 0. The van der Waals surface area contributed by atoms with Gasteiger partial charge in [0.05, 0.1) is 0 Å². The second kappa shape index (κ2) is 7.69. The van der Waals surface area contributed by atoms with E-state index in [4.69, 9.17) is 5.73 Å². The van der Waals surface area contributed by atoms with E-state index in [1.165, 1.54) is 5.56 Å². The third-order valence-corrected chi connectivity index (χ3v) is 2.58. The number of benzene rings is 1. The molecule has 2 nitrogen and oxygen atoms in total. The van der Waals surface area contributed by atoms with Crippen LogP contribution in [0.25, 0.3) is 0 Å².